The Kier molecular flexibility index (Phi) is 8.11. The standard InChI is InChI=1S/C24H28F2N4O3/c1-16-4-3-5-21(17(16)2)28-22(31)15-29-10-12-30(13-11-29)23(32)8-9-27-24(33)19-7-6-18(25)14-20(19)26/h3-7,14H,8-13,15H2,1-2H3,(H,27,33)(H,28,31). The molecule has 0 unspecified atom stereocenters. The largest absolute Gasteiger partial charge is 0.351 e. The van der Waals surface area contributed by atoms with E-state index in [-0.39, 0.29) is 36.9 Å². The lowest BCUT2D eigenvalue weighted by molar-refractivity contribution is -0.132. The molecule has 7 nitrogen and oxygen atoms in total. The van der Waals surface area contributed by atoms with Crippen LogP contribution in [0, 0.1) is 25.5 Å². The maximum Gasteiger partial charge on any atom is 0.254 e. The van der Waals surface area contributed by atoms with Gasteiger partial charge in [-0.1, -0.05) is 12.1 Å². The van der Waals surface area contributed by atoms with Crippen molar-refractivity contribution < 1.29 is 23.2 Å². The number of amides is 3. The third kappa shape index (κ3) is 6.58. The minimum atomic E-state index is -0.948. The van der Waals surface area contributed by atoms with E-state index in [2.05, 4.69) is 10.6 Å². The van der Waals surface area contributed by atoms with Crippen LogP contribution in [-0.2, 0) is 9.59 Å². The molecule has 1 aliphatic rings. The van der Waals surface area contributed by atoms with Gasteiger partial charge in [-0.05, 0) is 43.2 Å². The van der Waals surface area contributed by atoms with Gasteiger partial charge in [0, 0.05) is 50.9 Å². The quantitative estimate of drug-likeness (QED) is 0.668. The van der Waals surface area contributed by atoms with Crippen LogP contribution in [0.25, 0.3) is 0 Å². The number of nitrogens with one attached hydrogen (secondary N) is 2. The molecule has 1 saturated heterocycles. The topological polar surface area (TPSA) is 81.8 Å². The molecule has 2 aromatic rings. The first-order chi connectivity index (χ1) is 15.7. The van der Waals surface area contributed by atoms with E-state index in [1.807, 2.05) is 36.9 Å². The number of benzene rings is 2. The first kappa shape index (κ1) is 24.3. The Balaban J connectivity index is 1.38. The van der Waals surface area contributed by atoms with Crippen LogP contribution < -0.4 is 10.6 Å². The Morgan fingerprint density at radius 2 is 1.73 bits per heavy atom. The maximum atomic E-state index is 13.7. The lowest BCUT2D eigenvalue weighted by Crippen LogP contribution is -2.50. The third-order valence-electron chi connectivity index (χ3n) is 5.77. The summed E-state index contributed by atoms with van der Waals surface area (Å²) in [5.41, 5.74) is 2.68. The number of carbonyl (C=O) groups excluding carboxylic acids is 3. The predicted molar refractivity (Wildman–Crippen MR) is 121 cm³/mol. The summed E-state index contributed by atoms with van der Waals surface area (Å²) in [6.07, 6.45) is 0.0711. The van der Waals surface area contributed by atoms with Crippen LogP contribution in [-0.4, -0.2) is 66.8 Å². The van der Waals surface area contributed by atoms with Gasteiger partial charge in [-0.15, -0.1) is 0 Å². The van der Waals surface area contributed by atoms with Crippen LogP contribution in [0.15, 0.2) is 36.4 Å². The molecule has 0 aliphatic carbocycles. The van der Waals surface area contributed by atoms with Crippen LogP contribution in [0.3, 0.4) is 0 Å². The van der Waals surface area contributed by atoms with Crippen molar-refractivity contribution in [1.29, 1.82) is 0 Å². The van der Waals surface area contributed by atoms with Gasteiger partial charge in [-0.2, -0.15) is 0 Å². The number of piperazine rings is 1. The van der Waals surface area contributed by atoms with E-state index in [0.29, 0.717) is 32.2 Å². The average Bonchev–Trinajstić information content (AvgIpc) is 2.77. The summed E-state index contributed by atoms with van der Waals surface area (Å²) in [7, 11) is 0. The summed E-state index contributed by atoms with van der Waals surface area (Å²) in [5.74, 6) is -2.63. The van der Waals surface area contributed by atoms with Crippen molar-refractivity contribution in [1.82, 2.24) is 15.1 Å². The summed E-state index contributed by atoms with van der Waals surface area (Å²) in [6.45, 7) is 6.35. The highest BCUT2D eigenvalue weighted by molar-refractivity contribution is 5.94. The molecule has 0 aromatic heterocycles. The Hall–Kier alpha value is -3.33. The maximum absolute atomic E-state index is 13.7. The molecule has 33 heavy (non-hydrogen) atoms. The number of hydrogen-bond acceptors (Lipinski definition) is 4. The highest BCUT2D eigenvalue weighted by atomic mass is 19.1. The second-order valence-electron chi connectivity index (χ2n) is 8.08. The number of halogens is 2. The minimum Gasteiger partial charge on any atom is -0.351 e. The van der Waals surface area contributed by atoms with E-state index >= 15 is 0 Å². The number of rotatable bonds is 7. The predicted octanol–water partition coefficient (Wildman–Crippen LogP) is 2.48. The van der Waals surface area contributed by atoms with Gasteiger partial charge in [0.05, 0.1) is 12.1 Å². The van der Waals surface area contributed by atoms with E-state index in [1.165, 1.54) is 0 Å². The summed E-state index contributed by atoms with van der Waals surface area (Å²) < 4.78 is 26.6. The number of nitrogens with zero attached hydrogens (tertiary/aromatic N) is 2. The van der Waals surface area contributed by atoms with E-state index < -0.39 is 17.5 Å². The molecule has 1 aliphatic heterocycles. The van der Waals surface area contributed by atoms with Crippen molar-refractivity contribution in [3.63, 3.8) is 0 Å². The lowest BCUT2D eigenvalue weighted by Gasteiger charge is -2.34. The van der Waals surface area contributed by atoms with E-state index in [4.69, 9.17) is 0 Å². The second kappa shape index (κ2) is 11.0. The van der Waals surface area contributed by atoms with Gasteiger partial charge >= 0.3 is 0 Å². The second-order valence-corrected chi connectivity index (χ2v) is 8.08. The molecule has 0 atom stereocenters. The SMILES string of the molecule is Cc1cccc(NC(=O)CN2CCN(C(=O)CCNC(=O)c3ccc(F)cc3F)CC2)c1C. The fourth-order valence-electron chi connectivity index (χ4n) is 3.64. The van der Waals surface area contributed by atoms with Crippen LogP contribution in [0.5, 0.6) is 0 Å². The fraction of sp³-hybridized carbons (Fsp3) is 0.375. The van der Waals surface area contributed by atoms with Crippen molar-refractivity contribution >= 4 is 23.4 Å². The highest BCUT2D eigenvalue weighted by Crippen LogP contribution is 2.18. The highest BCUT2D eigenvalue weighted by Gasteiger charge is 2.22. The Bertz CT molecular complexity index is 1040. The monoisotopic (exact) mass is 458 g/mol. The molecule has 2 aromatic carbocycles. The zero-order valence-corrected chi connectivity index (χ0v) is 18.8. The van der Waals surface area contributed by atoms with Crippen molar-refractivity contribution in [2.75, 3.05) is 44.6 Å². The molecule has 0 bridgehead atoms. The molecular weight excluding hydrogens is 430 g/mol. The van der Waals surface area contributed by atoms with Gasteiger partial charge in [0.2, 0.25) is 11.8 Å². The van der Waals surface area contributed by atoms with Crippen LogP contribution >= 0.6 is 0 Å². The third-order valence-corrected chi connectivity index (χ3v) is 5.77. The zero-order chi connectivity index (χ0) is 24.0. The van der Waals surface area contributed by atoms with Crippen LogP contribution in [0.1, 0.15) is 27.9 Å². The average molecular weight is 459 g/mol. The molecule has 0 spiro atoms. The van der Waals surface area contributed by atoms with Gasteiger partial charge in [-0.25, -0.2) is 8.78 Å². The molecule has 3 rings (SSSR count). The zero-order valence-electron chi connectivity index (χ0n) is 18.8. The molecule has 176 valence electrons. The van der Waals surface area contributed by atoms with E-state index in [1.54, 1.807) is 4.90 Å². The van der Waals surface area contributed by atoms with E-state index in [0.717, 1.165) is 28.9 Å². The summed E-state index contributed by atoms with van der Waals surface area (Å²) in [5, 5.41) is 5.43. The van der Waals surface area contributed by atoms with Crippen molar-refractivity contribution in [3.05, 3.63) is 64.7 Å². The first-order valence-corrected chi connectivity index (χ1v) is 10.8. The van der Waals surface area contributed by atoms with Gasteiger partial charge in [0.1, 0.15) is 11.6 Å². The number of hydrogen-bond donors (Lipinski definition) is 2. The molecule has 1 fully saturated rings. The van der Waals surface area contributed by atoms with Gasteiger partial charge in [-0.3, -0.25) is 19.3 Å². The van der Waals surface area contributed by atoms with Crippen molar-refractivity contribution in [3.8, 4) is 0 Å². The molecule has 1 heterocycles. The first-order valence-electron chi connectivity index (χ1n) is 10.8. The summed E-state index contributed by atoms with van der Waals surface area (Å²) in [4.78, 5) is 40.5. The molecular formula is C24H28F2N4O3. The Morgan fingerprint density at radius 3 is 2.42 bits per heavy atom. The number of carbonyl (C=O) groups is 3. The number of anilines is 1. The smallest absolute Gasteiger partial charge is 0.254 e. The molecule has 2 N–H and O–H groups in total. The van der Waals surface area contributed by atoms with Crippen molar-refractivity contribution in [2.45, 2.75) is 20.3 Å². The summed E-state index contributed by atoms with van der Waals surface area (Å²) in [6, 6.07) is 8.49. The summed E-state index contributed by atoms with van der Waals surface area (Å²) >= 11 is 0. The van der Waals surface area contributed by atoms with Gasteiger partial charge in [0.25, 0.3) is 5.91 Å². The molecule has 3 amide bonds. The Labute approximate surface area is 191 Å². The number of aryl methyl sites for hydroxylation is 1. The van der Waals surface area contributed by atoms with Crippen molar-refractivity contribution in [2.24, 2.45) is 0 Å². The Morgan fingerprint density at radius 1 is 1.00 bits per heavy atom. The van der Waals surface area contributed by atoms with Crippen LogP contribution in [0.2, 0.25) is 0 Å². The molecule has 0 radical (unpaired) electrons. The minimum absolute atomic E-state index is 0.0486. The normalized spacial score (nSPS) is 14.1. The van der Waals surface area contributed by atoms with E-state index in [9.17, 15) is 23.2 Å². The van der Waals surface area contributed by atoms with Crippen LogP contribution in [0.4, 0.5) is 14.5 Å². The fourth-order valence-corrected chi connectivity index (χ4v) is 3.64. The molecule has 9 heteroatoms. The lowest BCUT2D eigenvalue weighted by atomic mass is 10.1. The van der Waals surface area contributed by atoms with Gasteiger partial charge < -0.3 is 15.5 Å². The molecule has 0 saturated carbocycles. The van der Waals surface area contributed by atoms with Gasteiger partial charge in [0.15, 0.2) is 0 Å².